The average Bonchev–Trinajstić information content (AvgIpc) is 3.16. The van der Waals surface area contributed by atoms with E-state index < -0.39 is 10.8 Å². The molecule has 0 saturated heterocycles. The number of carbonyl (C=O) groups excluding carboxylic acids is 1. The zero-order valence-corrected chi connectivity index (χ0v) is 17.2. The molecule has 0 aliphatic rings. The van der Waals surface area contributed by atoms with E-state index in [1.54, 1.807) is 36.4 Å². The van der Waals surface area contributed by atoms with E-state index in [1.165, 1.54) is 24.3 Å². The number of nitrogens with zero attached hydrogens (tertiary/aromatic N) is 2. The number of nitrogens with one attached hydrogen (secondary N) is 1. The number of halogens is 2. The maximum absolute atomic E-state index is 12.4. The first-order valence-corrected chi connectivity index (χ1v) is 9.68. The minimum Gasteiger partial charge on any atom is -0.482 e. The lowest BCUT2D eigenvalue weighted by molar-refractivity contribution is -0.384. The van der Waals surface area contributed by atoms with Crippen LogP contribution >= 0.6 is 23.2 Å². The molecule has 4 rings (SSSR count). The minimum atomic E-state index is -0.505. The normalized spacial score (nSPS) is 10.8. The lowest BCUT2D eigenvalue weighted by atomic mass is 10.1. The van der Waals surface area contributed by atoms with Gasteiger partial charge in [0.2, 0.25) is 5.89 Å². The van der Waals surface area contributed by atoms with Gasteiger partial charge in [-0.2, -0.15) is 0 Å². The molecule has 1 N–H and O–H groups in total. The van der Waals surface area contributed by atoms with Crippen molar-refractivity contribution in [3.63, 3.8) is 0 Å². The molecule has 0 saturated carbocycles. The van der Waals surface area contributed by atoms with E-state index in [9.17, 15) is 14.9 Å². The summed E-state index contributed by atoms with van der Waals surface area (Å²) in [4.78, 5) is 27.2. The van der Waals surface area contributed by atoms with Crippen LogP contribution in [0.4, 0.5) is 11.4 Å². The summed E-state index contributed by atoms with van der Waals surface area (Å²) in [5, 5.41) is 14.5. The number of hydrogen-bond donors (Lipinski definition) is 1. The SMILES string of the molecule is O=C(COc1ccc(Cl)cc1Cl)Nc1ccccc1-c1nc2cc([N+](=O)[O-])ccc2o1. The lowest BCUT2D eigenvalue weighted by Gasteiger charge is -2.11. The van der Waals surface area contributed by atoms with E-state index >= 15 is 0 Å². The molecule has 0 bridgehead atoms. The summed E-state index contributed by atoms with van der Waals surface area (Å²) >= 11 is 11.9. The number of nitro benzene ring substituents is 1. The first kappa shape index (κ1) is 20.6. The molecular weight excluding hydrogens is 445 g/mol. The molecule has 4 aromatic rings. The number of aromatic nitrogens is 1. The van der Waals surface area contributed by atoms with Crippen molar-refractivity contribution < 1.29 is 18.9 Å². The highest BCUT2D eigenvalue weighted by atomic mass is 35.5. The van der Waals surface area contributed by atoms with Crippen molar-refractivity contribution >= 4 is 51.6 Å². The number of anilines is 1. The molecule has 8 nitrogen and oxygen atoms in total. The predicted molar refractivity (Wildman–Crippen MR) is 117 cm³/mol. The predicted octanol–water partition coefficient (Wildman–Crippen LogP) is 5.73. The van der Waals surface area contributed by atoms with Gasteiger partial charge in [0.25, 0.3) is 11.6 Å². The fourth-order valence-corrected chi connectivity index (χ4v) is 3.31. The quantitative estimate of drug-likeness (QED) is 0.292. The van der Waals surface area contributed by atoms with E-state index in [4.69, 9.17) is 32.4 Å². The molecule has 31 heavy (non-hydrogen) atoms. The highest BCUT2D eigenvalue weighted by Gasteiger charge is 2.16. The van der Waals surface area contributed by atoms with Gasteiger partial charge < -0.3 is 14.5 Å². The van der Waals surface area contributed by atoms with Crippen molar-refractivity contribution in [1.82, 2.24) is 4.98 Å². The number of benzene rings is 3. The largest absolute Gasteiger partial charge is 0.482 e. The van der Waals surface area contributed by atoms with Gasteiger partial charge in [0, 0.05) is 17.2 Å². The minimum absolute atomic E-state index is 0.0908. The number of carbonyl (C=O) groups is 1. The Labute approximate surface area is 185 Å². The van der Waals surface area contributed by atoms with Crippen molar-refractivity contribution in [1.29, 1.82) is 0 Å². The molecule has 3 aromatic carbocycles. The van der Waals surface area contributed by atoms with Gasteiger partial charge in [0.1, 0.15) is 11.3 Å². The summed E-state index contributed by atoms with van der Waals surface area (Å²) in [6.45, 7) is -0.282. The Hall–Kier alpha value is -3.62. The van der Waals surface area contributed by atoms with Gasteiger partial charge >= 0.3 is 0 Å². The number of fused-ring (bicyclic) bond motifs is 1. The number of rotatable bonds is 6. The van der Waals surface area contributed by atoms with Gasteiger partial charge in [-0.25, -0.2) is 4.98 Å². The van der Waals surface area contributed by atoms with E-state index in [0.717, 1.165) is 0 Å². The van der Waals surface area contributed by atoms with Crippen LogP contribution in [-0.4, -0.2) is 22.4 Å². The summed E-state index contributed by atoms with van der Waals surface area (Å²) in [5.74, 6) is 0.119. The maximum Gasteiger partial charge on any atom is 0.271 e. The third-order valence-corrected chi connectivity index (χ3v) is 4.80. The van der Waals surface area contributed by atoms with E-state index in [1.807, 2.05) is 0 Å². The molecular formula is C21H13Cl2N3O5. The van der Waals surface area contributed by atoms with Crippen molar-refractivity contribution in [3.05, 3.63) is 80.8 Å². The van der Waals surface area contributed by atoms with Crippen LogP contribution in [0.2, 0.25) is 10.0 Å². The number of amides is 1. The highest BCUT2D eigenvalue weighted by molar-refractivity contribution is 6.35. The highest BCUT2D eigenvalue weighted by Crippen LogP contribution is 2.32. The van der Waals surface area contributed by atoms with Crippen LogP contribution in [0.1, 0.15) is 0 Å². The van der Waals surface area contributed by atoms with Crippen LogP contribution < -0.4 is 10.1 Å². The van der Waals surface area contributed by atoms with Crippen LogP contribution in [0, 0.1) is 10.1 Å². The van der Waals surface area contributed by atoms with Gasteiger partial charge in [-0.3, -0.25) is 14.9 Å². The van der Waals surface area contributed by atoms with Crippen LogP contribution in [0.3, 0.4) is 0 Å². The summed E-state index contributed by atoms with van der Waals surface area (Å²) in [6, 6.07) is 15.7. The zero-order chi connectivity index (χ0) is 22.0. The molecule has 1 heterocycles. The topological polar surface area (TPSA) is 108 Å². The number of ether oxygens (including phenoxy) is 1. The van der Waals surface area contributed by atoms with E-state index in [0.29, 0.717) is 38.1 Å². The molecule has 0 aliphatic heterocycles. The second kappa shape index (κ2) is 8.63. The second-order valence-electron chi connectivity index (χ2n) is 6.39. The molecule has 156 valence electrons. The summed E-state index contributed by atoms with van der Waals surface area (Å²) < 4.78 is 11.2. The Kier molecular flexibility index (Phi) is 5.75. The monoisotopic (exact) mass is 457 g/mol. The summed E-state index contributed by atoms with van der Waals surface area (Å²) in [5.41, 5.74) is 1.60. The van der Waals surface area contributed by atoms with E-state index in [2.05, 4.69) is 10.3 Å². The first-order valence-electron chi connectivity index (χ1n) is 8.93. The van der Waals surface area contributed by atoms with Gasteiger partial charge in [-0.05, 0) is 36.4 Å². The van der Waals surface area contributed by atoms with Crippen LogP contribution in [0.5, 0.6) is 5.75 Å². The number of para-hydroxylation sites is 1. The Morgan fingerprint density at radius 1 is 1.13 bits per heavy atom. The van der Waals surface area contributed by atoms with Crippen molar-refractivity contribution in [2.75, 3.05) is 11.9 Å². The Morgan fingerprint density at radius 3 is 2.71 bits per heavy atom. The second-order valence-corrected chi connectivity index (χ2v) is 7.23. The smallest absolute Gasteiger partial charge is 0.271 e. The molecule has 0 radical (unpaired) electrons. The molecule has 0 unspecified atom stereocenters. The average molecular weight is 458 g/mol. The number of oxazole rings is 1. The van der Waals surface area contributed by atoms with Gasteiger partial charge in [0.05, 0.1) is 21.2 Å². The summed E-state index contributed by atoms with van der Waals surface area (Å²) in [6.07, 6.45) is 0. The van der Waals surface area contributed by atoms with Crippen molar-refractivity contribution in [3.8, 4) is 17.2 Å². The molecule has 0 fully saturated rings. The van der Waals surface area contributed by atoms with Gasteiger partial charge in [-0.15, -0.1) is 0 Å². The number of nitro groups is 1. The fourth-order valence-electron chi connectivity index (χ4n) is 2.85. The molecule has 0 spiro atoms. The molecule has 1 amide bonds. The third-order valence-electron chi connectivity index (χ3n) is 4.27. The number of non-ortho nitro benzene ring substituents is 1. The van der Waals surface area contributed by atoms with E-state index in [-0.39, 0.29) is 18.2 Å². The lowest BCUT2D eigenvalue weighted by Crippen LogP contribution is -2.20. The molecule has 1 aromatic heterocycles. The standard InChI is InChI=1S/C21H13Cl2N3O5/c22-12-5-7-18(15(23)9-12)30-11-20(27)24-16-4-2-1-3-14(16)21-25-17-10-13(26(28)29)6-8-19(17)31-21/h1-10H,11H2,(H,24,27). The van der Waals surface area contributed by atoms with Gasteiger partial charge in [-0.1, -0.05) is 35.3 Å². The zero-order valence-electron chi connectivity index (χ0n) is 15.7. The third kappa shape index (κ3) is 4.60. The van der Waals surface area contributed by atoms with Gasteiger partial charge in [0.15, 0.2) is 12.2 Å². The van der Waals surface area contributed by atoms with Crippen molar-refractivity contribution in [2.24, 2.45) is 0 Å². The Bertz CT molecular complexity index is 1310. The Morgan fingerprint density at radius 2 is 1.94 bits per heavy atom. The first-order chi connectivity index (χ1) is 14.9. The number of hydrogen-bond acceptors (Lipinski definition) is 6. The Balaban J connectivity index is 1.54. The summed E-state index contributed by atoms with van der Waals surface area (Å²) in [7, 11) is 0. The molecule has 10 heteroatoms. The van der Waals surface area contributed by atoms with Crippen LogP contribution in [0.15, 0.2) is 65.1 Å². The van der Waals surface area contributed by atoms with Crippen LogP contribution in [0.25, 0.3) is 22.6 Å². The van der Waals surface area contributed by atoms with Crippen LogP contribution in [-0.2, 0) is 4.79 Å². The van der Waals surface area contributed by atoms with Crippen molar-refractivity contribution in [2.45, 2.75) is 0 Å². The molecule has 0 aliphatic carbocycles. The molecule has 0 atom stereocenters. The fraction of sp³-hybridized carbons (Fsp3) is 0.0476. The maximum atomic E-state index is 12.4.